The van der Waals surface area contributed by atoms with E-state index in [2.05, 4.69) is 71.3 Å². The van der Waals surface area contributed by atoms with Crippen LogP contribution in [0.1, 0.15) is 42.2 Å². The number of thiophene rings is 1. The van der Waals surface area contributed by atoms with Crippen LogP contribution in [-0.4, -0.2) is 26.2 Å². The van der Waals surface area contributed by atoms with Crippen molar-refractivity contribution in [2.24, 2.45) is 4.99 Å². The van der Waals surface area contributed by atoms with Crippen molar-refractivity contribution in [1.29, 1.82) is 0 Å². The first-order valence-corrected chi connectivity index (χ1v) is 9.75. The van der Waals surface area contributed by atoms with Gasteiger partial charge in [0, 0.05) is 37.5 Å². The van der Waals surface area contributed by atoms with Crippen LogP contribution in [-0.2, 0) is 17.9 Å². The summed E-state index contributed by atoms with van der Waals surface area (Å²) in [5.41, 5.74) is 2.47. The van der Waals surface area contributed by atoms with Gasteiger partial charge in [-0.3, -0.25) is 4.99 Å². The topological polar surface area (TPSA) is 45.6 Å². The Labute approximate surface area is 155 Å². The van der Waals surface area contributed by atoms with Gasteiger partial charge in [0.2, 0.25) is 0 Å². The van der Waals surface area contributed by atoms with Gasteiger partial charge in [-0.15, -0.1) is 11.3 Å². The second-order valence-electron chi connectivity index (χ2n) is 6.04. The molecule has 0 aliphatic carbocycles. The molecule has 0 aliphatic rings. The highest BCUT2D eigenvalue weighted by Crippen LogP contribution is 2.19. The summed E-state index contributed by atoms with van der Waals surface area (Å²) < 4.78 is 5.69. The van der Waals surface area contributed by atoms with E-state index in [1.165, 1.54) is 16.0 Å². The SMILES string of the molecule is CCCOCc1ccccc1CNC(=NC)NCC(C)c1cccs1. The van der Waals surface area contributed by atoms with E-state index in [0.717, 1.165) is 32.1 Å². The van der Waals surface area contributed by atoms with E-state index in [1.54, 1.807) is 18.4 Å². The Morgan fingerprint density at radius 1 is 1.16 bits per heavy atom. The summed E-state index contributed by atoms with van der Waals surface area (Å²) >= 11 is 1.80. The molecular formula is C20H29N3OS. The number of ether oxygens (including phenoxy) is 1. The molecule has 0 bridgehead atoms. The molecule has 0 amide bonds. The van der Waals surface area contributed by atoms with Crippen LogP contribution in [0, 0.1) is 0 Å². The first kappa shape index (κ1) is 19.5. The Balaban J connectivity index is 1.84. The fraction of sp³-hybridized carbons (Fsp3) is 0.450. The lowest BCUT2D eigenvalue weighted by Gasteiger charge is -2.16. The van der Waals surface area contributed by atoms with Gasteiger partial charge in [0.15, 0.2) is 5.96 Å². The molecule has 1 heterocycles. The molecule has 0 saturated carbocycles. The molecule has 0 spiro atoms. The third-order valence-corrected chi connectivity index (χ3v) is 5.10. The monoisotopic (exact) mass is 359 g/mol. The van der Waals surface area contributed by atoms with Crippen molar-refractivity contribution in [2.75, 3.05) is 20.2 Å². The second kappa shape index (κ2) is 10.9. The summed E-state index contributed by atoms with van der Waals surface area (Å²) in [4.78, 5) is 5.72. The van der Waals surface area contributed by atoms with Crippen LogP contribution in [0.4, 0.5) is 0 Å². The van der Waals surface area contributed by atoms with E-state index in [-0.39, 0.29) is 0 Å². The predicted octanol–water partition coefficient (Wildman–Crippen LogP) is 4.14. The molecule has 4 nitrogen and oxygen atoms in total. The third-order valence-electron chi connectivity index (χ3n) is 4.00. The van der Waals surface area contributed by atoms with E-state index in [1.807, 2.05) is 0 Å². The van der Waals surface area contributed by atoms with Gasteiger partial charge in [0.1, 0.15) is 0 Å². The zero-order chi connectivity index (χ0) is 17.9. The fourth-order valence-electron chi connectivity index (χ4n) is 2.52. The number of rotatable bonds is 9. The molecule has 0 aliphatic heterocycles. The summed E-state index contributed by atoms with van der Waals surface area (Å²) in [6.07, 6.45) is 1.04. The number of nitrogens with one attached hydrogen (secondary N) is 2. The number of guanidine groups is 1. The molecule has 0 fully saturated rings. The lowest BCUT2D eigenvalue weighted by molar-refractivity contribution is 0.121. The lowest BCUT2D eigenvalue weighted by atomic mass is 10.1. The first-order valence-electron chi connectivity index (χ1n) is 8.87. The molecular weight excluding hydrogens is 330 g/mol. The maximum absolute atomic E-state index is 5.69. The summed E-state index contributed by atoms with van der Waals surface area (Å²) in [6.45, 7) is 7.41. The van der Waals surface area contributed by atoms with Crippen molar-refractivity contribution in [2.45, 2.75) is 39.3 Å². The van der Waals surface area contributed by atoms with Crippen molar-refractivity contribution >= 4 is 17.3 Å². The lowest BCUT2D eigenvalue weighted by Crippen LogP contribution is -2.38. The molecule has 136 valence electrons. The maximum Gasteiger partial charge on any atom is 0.191 e. The van der Waals surface area contributed by atoms with Gasteiger partial charge in [-0.25, -0.2) is 0 Å². The molecule has 2 aromatic rings. The van der Waals surface area contributed by atoms with E-state index in [4.69, 9.17) is 4.74 Å². The van der Waals surface area contributed by atoms with Gasteiger partial charge in [-0.2, -0.15) is 0 Å². The molecule has 1 aromatic heterocycles. The molecule has 1 atom stereocenters. The molecule has 1 aromatic carbocycles. The average molecular weight is 360 g/mol. The van der Waals surface area contributed by atoms with Crippen LogP contribution in [0.15, 0.2) is 46.8 Å². The highest BCUT2D eigenvalue weighted by Gasteiger charge is 2.08. The van der Waals surface area contributed by atoms with Crippen molar-refractivity contribution < 1.29 is 4.74 Å². The van der Waals surface area contributed by atoms with Crippen LogP contribution < -0.4 is 10.6 Å². The van der Waals surface area contributed by atoms with Gasteiger partial charge in [0.25, 0.3) is 0 Å². The zero-order valence-corrected chi connectivity index (χ0v) is 16.2. The van der Waals surface area contributed by atoms with Crippen LogP contribution in [0.3, 0.4) is 0 Å². The van der Waals surface area contributed by atoms with Crippen LogP contribution >= 0.6 is 11.3 Å². The summed E-state index contributed by atoms with van der Waals surface area (Å²) in [5, 5.41) is 8.94. The molecule has 2 N–H and O–H groups in total. The third kappa shape index (κ3) is 6.52. The van der Waals surface area contributed by atoms with Gasteiger partial charge in [0.05, 0.1) is 6.61 Å². The fourth-order valence-corrected chi connectivity index (χ4v) is 3.31. The van der Waals surface area contributed by atoms with Gasteiger partial charge in [-0.05, 0) is 29.0 Å². The normalized spacial score (nSPS) is 12.8. The van der Waals surface area contributed by atoms with Crippen molar-refractivity contribution in [3.63, 3.8) is 0 Å². The van der Waals surface area contributed by atoms with E-state index >= 15 is 0 Å². The Bertz CT molecular complexity index is 640. The Hall–Kier alpha value is -1.85. The van der Waals surface area contributed by atoms with Gasteiger partial charge < -0.3 is 15.4 Å². The van der Waals surface area contributed by atoms with Crippen molar-refractivity contribution in [3.8, 4) is 0 Å². The Kier molecular flexibility index (Phi) is 8.49. The number of benzene rings is 1. The van der Waals surface area contributed by atoms with E-state index in [9.17, 15) is 0 Å². The van der Waals surface area contributed by atoms with E-state index in [0.29, 0.717) is 12.5 Å². The molecule has 5 heteroatoms. The van der Waals surface area contributed by atoms with Crippen LogP contribution in [0.5, 0.6) is 0 Å². The minimum absolute atomic E-state index is 0.466. The van der Waals surface area contributed by atoms with Crippen molar-refractivity contribution in [1.82, 2.24) is 10.6 Å². The number of hydrogen-bond acceptors (Lipinski definition) is 3. The summed E-state index contributed by atoms with van der Waals surface area (Å²) in [5.74, 6) is 1.29. The quantitative estimate of drug-likeness (QED) is 0.402. The minimum Gasteiger partial charge on any atom is -0.377 e. The molecule has 0 saturated heterocycles. The number of aliphatic imine (C=N–C) groups is 1. The summed E-state index contributed by atoms with van der Waals surface area (Å²) in [6, 6.07) is 12.7. The average Bonchev–Trinajstić information content (AvgIpc) is 3.17. The molecule has 25 heavy (non-hydrogen) atoms. The van der Waals surface area contributed by atoms with Gasteiger partial charge >= 0.3 is 0 Å². The zero-order valence-electron chi connectivity index (χ0n) is 15.4. The molecule has 1 unspecified atom stereocenters. The number of hydrogen-bond donors (Lipinski definition) is 2. The Morgan fingerprint density at radius 3 is 2.64 bits per heavy atom. The molecule has 2 rings (SSSR count). The number of nitrogens with zero attached hydrogens (tertiary/aromatic N) is 1. The van der Waals surface area contributed by atoms with Crippen LogP contribution in [0.25, 0.3) is 0 Å². The maximum atomic E-state index is 5.69. The highest BCUT2D eigenvalue weighted by molar-refractivity contribution is 7.10. The molecule has 0 radical (unpaired) electrons. The van der Waals surface area contributed by atoms with Gasteiger partial charge in [-0.1, -0.05) is 44.2 Å². The Morgan fingerprint density at radius 2 is 1.96 bits per heavy atom. The summed E-state index contributed by atoms with van der Waals surface area (Å²) in [7, 11) is 1.81. The predicted molar refractivity (Wildman–Crippen MR) is 107 cm³/mol. The standard InChI is InChI=1S/C20H29N3OS/c1-4-11-24-15-18-9-6-5-8-17(18)14-23-20(21-3)22-13-16(2)19-10-7-12-25-19/h5-10,12,16H,4,11,13-15H2,1-3H3,(H2,21,22,23). The highest BCUT2D eigenvalue weighted by atomic mass is 32.1. The first-order chi connectivity index (χ1) is 12.2. The van der Waals surface area contributed by atoms with Crippen molar-refractivity contribution in [3.05, 3.63) is 57.8 Å². The minimum atomic E-state index is 0.466. The van der Waals surface area contributed by atoms with E-state index < -0.39 is 0 Å². The second-order valence-corrected chi connectivity index (χ2v) is 7.02. The smallest absolute Gasteiger partial charge is 0.191 e. The van der Waals surface area contributed by atoms with Crippen LogP contribution in [0.2, 0.25) is 0 Å². The largest absolute Gasteiger partial charge is 0.377 e.